The Hall–Kier alpha value is -2.68. The van der Waals surface area contributed by atoms with Crippen LogP contribution in [0.25, 0.3) is 0 Å². The Morgan fingerprint density at radius 1 is 1.10 bits per heavy atom. The van der Waals surface area contributed by atoms with Gasteiger partial charge in [0.2, 0.25) is 12.6 Å². The third kappa shape index (κ3) is 8.91. The molecule has 2 N–H and O–H groups in total. The number of halogens is 1. The minimum absolute atomic E-state index is 0.000132. The molecule has 4 atom stereocenters. The zero-order valence-electron chi connectivity index (χ0n) is 23.7. The van der Waals surface area contributed by atoms with E-state index in [1.165, 1.54) is 0 Å². The number of rotatable bonds is 8. The van der Waals surface area contributed by atoms with Crippen LogP contribution in [0.2, 0.25) is 0 Å². The number of fused-ring (bicyclic) bond motifs is 1. The summed E-state index contributed by atoms with van der Waals surface area (Å²) in [4.78, 5) is 40.1. The van der Waals surface area contributed by atoms with Gasteiger partial charge in [-0.25, -0.2) is 9.59 Å². The van der Waals surface area contributed by atoms with Crippen LogP contribution < -0.4 is 19.7 Å². The predicted molar refractivity (Wildman–Crippen MR) is 158 cm³/mol. The van der Waals surface area contributed by atoms with Gasteiger partial charge in [0.1, 0.15) is 18.7 Å². The number of quaternary nitrogens is 1. The molecule has 0 saturated carbocycles. The number of alkyl halides is 1. The van der Waals surface area contributed by atoms with E-state index in [0.717, 1.165) is 23.8 Å². The van der Waals surface area contributed by atoms with E-state index < -0.39 is 31.6 Å². The van der Waals surface area contributed by atoms with Crippen molar-refractivity contribution in [2.24, 2.45) is 0 Å². The van der Waals surface area contributed by atoms with E-state index in [0.29, 0.717) is 35.7 Å². The maximum Gasteiger partial charge on any atom is 0.408 e. The van der Waals surface area contributed by atoms with Crippen LogP contribution in [0.3, 0.4) is 0 Å². The Kier molecular flexibility index (Phi) is 11.8. The minimum atomic E-state index is -1.000. The van der Waals surface area contributed by atoms with Crippen LogP contribution in [0.4, 0.5) is 4.79 Å². The quantitative estimate of drug-likeness (QED) is 0.194. The number of carbonyl (C=O) groups excluding carboxylic acids is 3. The fourth-order valence-corrected chi connectivity index (χ4v) is 6.90. The Labute approximate surface area is 245 Å². The first kappa shape index (κ1) is 31.8. The summed E-state index contributed by atoms with van der Waals surface area (Å²) in [5.74, 6) is 2.18. The normalized spacial score (nSPS) is 20.4. The summed E-state index contributed by atoms with van der Waals surface area (Å²) in [7, 11) is -0.567. The molecule has 0 bridgehead atoms. The number of alkyl carbamates (subject to hydrolysis) is 1. The Balaban J connectivity index is 0.00000216. The summed E-state index contributed by atoms with van der Waals surface area (Å²) in [5.41, 5.74) is 0.482. The van der Waals surface area contributed by atoms with Crippen LogP contribution >= 0.6 is 23.9 Å². The third-order valence-corrected chi connectivity index (χ3v) is 9.13. The van der Waals surface area contributed by atoms with Gasteiger partial charge >= 0.3 is 12.1 Å². The van der Waals surface area contributed by atoms with Gasteiger partial charge in [0.05, 0.1) is 6.54 Å². The molecule has 0 aliphatic carbocycles. The van der Waals surface area contributed by atoms with Gasteiger partial charge in [0.25, 0.3) is 0 Å². The summed E-state index contributed by atoms with van der Waals surface area (Å²) in [5, 5.41) is 2.69. The molecule has 11 heteroatoms. The molecule has 9 nitrogen and oxygen atoms in total. The summed E-state index contributed by atoms with van der Waals surface area (Å²) in [6.07, 6.45) is 1.11. The van der Waals surface area contributed by atoms with Crippen molar-refractivity contribution in [3.63, 3.8) is 0 Å². The van der Waals surface area contributed by atoms with Crippen molar-refractivity contribution in [2.45, 2.75) is 45.2 Å². The van der Waals surface area contributed by atoms with Crippen molar-refractivity contribution in [1.29, 1.82) is 0 Å². The predicted octanol–water partition coefficient (Wildman–Crippen LogP) is 4.14. The summed E-state index contributed by atoms with van der Waals surface area (Å²) >= 11 is 2.94. The zero-order chi connectivity index (χ0) is 29.3. The lowest BCUT2D eigenvalue weighted by atomic mass is 10.1. The zero-order valence-corrected chi connectivity index (χ0v) is 26.2. The van der Waals surface area contributed by atoms with Crippen molar-refractivity contribution < 1.29 is 38.2 Å². The number of esters is 1. The lowest BCUT2D eigenvalue weighted by molar-refractivity contribution is -0.892. The standard InChI is InChI=1S/C28H35N2O7P.CH3Br/c1-5-38-14-13-30(16-21(31)20-11-12-22-23(15-20)35-18-34-22)17-24(38)36-26(32)25(19-9-7-6-8-10-19)29-27(33)37-28(2,3)4;1-2/h6-12,15,24-25H,5,13-14,16-18H2,1-4H3,(H,29,33);1H3/p+1/t24-,25?,38?;/m1./s1. The van der Waals surface area contributed by atoms with Crippen molar-refractivity contribution in [3.8, 4) is 11.5 Å². The Bertz CT molecular complexity index is 1160. The second-order valence-electron chi connectivity index (χ2n) is 10.4. The fourth-order valence-electron chi connectivity index (χ4n) is 4.51. The molecule has 0 radical (unpaired) electrons. The molecule has 1 saturated heterocycles. The maximum absolute atomic E-state index is 13.4. The first-order valence-electron chi connectivity index (χ1n) is 13.3. The van der Waals surface area contributed by atoms with Gasteiger partial charge in [-0.15, -0.1) is 0 Å². The smallest absolute Gasteiger partial charge is 0.408 e. The summed E-state index contributed by atoms with van der Waals surface area (Å²) < 4.78 is 22.2. The number of benzene rings is 2. The molecular weight excluding hydrogens is 599 g/mol. The molecule has 3 unspecified atom stereocenters. The van der Waals surface area contributed by atoms with E-state index in [4.69, 9.17) is 18.9 Å². The van der Waals surface area contributed by atoms with Crippen LogP contribution in [-0.4, -0.2) is 73.9 Å². The van der Waals surface area contributed by atoms with Gasteiger partial charge in [0.15, 0.2) is 23.4 Å². The maximum atomic E-state index is 13.4. The van der Waals surface area contributed by atoms with Crippen molar-refractivity contribution in [2.75, 3.05) is 44.6 Å². The van der Waals surface area contributed by atoms with Gasteiger partial charge < -0.3 is 29.2 Å². The van der Waals surface area contributed by atoms with Gasteiger partial charge in [-0.3, -0.25) is 4.79 Å². The number of ether oxygens (including phenoxy) is 4. The lowest BCUT2D eigenvalue weighted by Gasteiger charge is -2.36. The van der Waals surface area contributed by atoms with Gasteiger partial charge in [0, 0.05) is 11.7 Å². The van der Waals surface area contributed by atoms with Crippen molar-refractivity contribution in [3.05, 3.63) is 59.7 Å². The Morgan fingerprint density at radius 2 is 1.80 bits per heavy atom. The summed E-state index contributed by atoms with van der Waals surface area (Å²) in [6.45, 7) is 9.22. The molecule has 2 aliphatic rings. The number of hydrogen-bond donors (Lipinski definition) is 2. The number of Topliss-reactive ketones (excluding diaryl/α,β-unsaturated/α-hetero) is 1. The van der Waals surface area contributed by atoms with Crippen molar-refractivity contribution in [1.82, 2.24) is 5.32 Å². The second kappa shape index (κ2) is 14.8. The molecule has 2 aromatic rings. The highest BCUT2D eigenvalue weighted by molar-refractivity contribution is 9.08. The molecule has 2 aromatic carbocycles. The van der Waals surface area contributed by atoms with Crippen LogP contribution in [0.1, 0.15) is 49.7 Å². The number of nitrogens with one attached hydrogen (secondary N) is 2. The van der Waals surface area contributed by atoms with E-state index >= 15 is 0 Å². The topological polar surface area (TPSA) is 105 Å². The van der Waals surface area contributed by atoms with E-state index in [2.05, 4.69) is 28.2 Å². The van der Waals surface area contributed by atoms with Crippen LogP contribution in [0, 0.1) is 0 Å². The molecule has 1 amide bonds. The highest BCUT2D eigenvalue weighted by atomic mass is 79.9. The molecule has 218 valence electrons. The van der Waals surface area contributed by atoms with E-state index in [1.807, 2.05) is 11.9 Å². The largest absolute Gasteiger partial charge is 0.454 e. The minimum Gasteiger partial charge on any atom is -0.454 e. The Morgan fingerprint density at radius 3 is 2.48 bits per heavy atom. The molecule has 0 spiro atoms. The number of carbonyl (C=O) groups is 3. The average molecular weight is 639 g/mol. The van der Waals surface area contributed by atoms with E-state index in [9.17, 15) is 14.4 Å². The average Bonchev–Trinajstić information content (AvgIpc) is 3.40. The molecule has 4 rings (SSSR count). The molecule has 40 heavy (non-hydrogen) atoms. The number of hydrogen-bond acceptors (Lipinski definition) is 7. The molecule has 0 aromatic heterocycles. The van der Waals surface area contributed by atoms with E-state index in [-0.39, 0.29) is 18.4 Å². The highest BCUT2D eigenvalue weighted by Crippen LogP contribution is 2.42. The van der Waals surface area contributed by atoms with Crippen LogP contribution in [-0.2, 0) is 14.3 Å². The highest BCUT2D eigenvalue weighted by Gasteiger charge is 2.37. The molecule has 2 aliphatic heterocycles. The summed E-state index contributed by atoms with van der Waals surface area (Å²) in [6, 6.07) is 13.2. The van der Waals surface area contributed by atoms with Gasteiger partial charge in [-0.1, -0.05) is 61.1 Å². The lowest BCUT2D eigenvalue weighted by Crippen LogP contribution is -3.15. The SMILES string of the molecule is CBr.CCP1CC[NH+](CC(=O)c2ccc3c(c2)OCO3)C[C@@H]1OC(=O)C(NC(=O)OC(C)(C)C)c1ccccc1. The van der Waals surface area contributed by atoms with Crippen LogP contribution in [0.5, 0.6) is 11.5 Å². The first-order chi connectivity index (χ1) is 19.1. The van der Waals surface area contributed by atoms with E-state index in [1.54, 1.807) is 63.2 Å². The first-order valence-corrected chi connectivity index (χ1v) is 16.6. The fraction of sp³-hybridized carbons (Fsp3) is 0.483. The van der Waals surface area contributed by atoms with Crippen molar-refractivity contribution >= 4 is 41.7 Å². The number of amides is 1. The molecular formula is C29H39BrN2O7P+. The molecule has 2 heterocycles. The monoisotopic (exact) mass is 637 g/mol. The second-order valence-corrected chi connectivity index (χ2v) is 13.2. The third-order valence-electron chi connectivity index (χ3n) is 6.42. The van der Waals surface area contributed by atoms with Gasteiger partial charge in [-0.2, -0.15) is 0 Å². The van der Waals surface area contributed by atoms with Gasteiger partial charge in [-0.05, 0) is 56.5 Å². The number of ketones is 1. The van der Waals surface area contributed by atoms with Crippen LogP contribution in [0.15, 0.2) is 48.5 Å². The molecule has 1 fully saturated rings.